The summed E-state index contributed by atoms with van der Waals surface area (Å²) in [4.78, 5) is 36.8. The number of carbonyl (C=O) groups excluding carboxylic acids is 2. The number of rotatable bonds is 6. The van der Waals surface area contributed by atoms with Crippen LogP contribution in [0.3, 0.4) is 0 Å². The number of carbonyl (C=O) groups is 2. The molecule has 0 bridgehead atoms. The SMILES string of the molecule is COc1cc(OC)c(N2CC(C(=O)Nc3nc(C)c(-c4nccn4C)s3)CC2=O)cc1Cl. The van der Waals surface area contributed by atoms with E-state index in [9.17, 15) is 9.59 Å². The smallest absolute Gasteiger partial charge is 0.231 e. The molecule has 3 heterocycles. The molecule has 11 heteroatoms. The Morgan fingerprint density at radius 1 is 1.28 bits per heavy atom. The number of imidazole rings is 1. The first kappa shape index (κ1) is 22.1. The molecule has 1 N–H and O–H groups in total. The van der Waals surface area contributed by atoms with Gasteiger partial charge in [0.25, 0.3) is 0 Å². The maximum absolute atomic E-state index is 12.9. The van der Waals surface area contributed by atoms with Crippen molar-refractivity contribution in [3.8, 4) is 22.2 Å². The number of hydrogen-bond acceptors (Lipinski definition) is 7. The summed E-state index contributed by atoms with van der Waals surface area (Å²) in [5, 5.41) is 3.68. The molecule has 2 aromatic heterocycles. The summed E-state index contributed by atoms with van der Waals surface area (Å²) in [6.45, 7) is 2.08. The molecule has 2 amide bonds. The van der Waals surface area contributed by atoms with Gasteiger partial charge in [-0.05, 0) is 13.0 Å². The van der Waals surface area contributed by atoms with E-state index >= 15 is 0 Å². The van der Waals surface area contributed by atoms with Crippen molar-refractivity contribution < 1.29 is 19.1 Å². The molecule has 0 spiro atoms. The van der Waals surface area contributed by atoms with Crippen molar-refractivity contribution >= 4 is 45.6 Å². The molecule has 168 valence electrons. The predicted molar refractivity (Wildman–Crippen MR) is 123 cm³/mol. The lowest BCUT2D eigenvalue weighted by Gasteiger charge is -2.20. The van der Waals surface area contributed by atoms with Crippen LogP contribution in [0.2, 0.25) is 5.02 Å². The van der Waals surface area contributed by atoms with E-state index in [0.717, 1.165) is 16.4 Å². The highest BCUT2D eigenvalue weighted by Gasteiger charge is 2.37. The van der Waals surface area contributed by atoms with Gasteiger partial charge in [-0.1, -0.05) is 22.9 Å². The number of anilines is 2. The van der Waals surface area contributed by atoms with Crippen LogP contribution in [0.4, 0.5) is 10.8 Å². The van der Waals surface area contributed by atoms with Gasteiger partial charge in [0.1, 0.15) is 11.5 Å². The molecule has 1 atom stereocenters. The summed E-state index contributed by atoms with van der Waals surface area (Å²) in [6.07, 6.45) is 3.64. The maximum atomic E-state index is 12.9. The van der Waals surface area contributed by atoms with Crippen LogP contribution in [-0.4, -0.2) is 47.1 Å². The monoisotopic (exact) mass is 475 g/mol. The van der Waals surface area contributed by atoms with Gasteiger partial charge in [0.05, 0.1) is 41.4 Å². The van der Waals surface area contributed by atoms with E-state index < -0.39 is 5.92 Å². The minimum atomic E-state index is -0.533. The Labute approximate surface area is 193 Å². The molecule has 3 aromatic rings. The molecule has 9 nitrogen and oxygen atoms in total. The maximum Gasteiger partial charge on any atom is 0.231 e. The van der Waals surface area contributed by atoms with Crippen LogP contribution in [0, 0.1) is 12.8 Å². The van der Waals surface area contributed by atoms with E-state index in [0.29, 0.717) is 27.3 Å². The van der Waals surface area contributed by atoms with Crippen molar-refractivity contribution in [2.75, 3.05) is 31.0 Å². The number of hydrogen-bond donors (Lipinski definition) is 1. The third kappa shape index (κ3) is 4.03. The summed E-state index contributed by atoms with van der Waals surface area (Å²) in [5.74, 6) is 0.681. The zero-order valence-electron chi connectivity index (χ0n) is 18.0. The van der Waals surface area contributed by atoms with Gasteiger partial charge in [-0.25, -0.2) is 9.97 Å². The molecular formula is C21H22ClN5O4S. The number of amides is 2. The molecule has 32 heavy (non-hydrogen) atoms. The summed E-state index contributed by atoms with van der Waals surface area (Å²) in [5.41, 5.74) is 1.28. The topological polar surface area (TPSA) is 98.6 Å². The van der Waals surface area contributed by atoms with Gasteiger partial charge in [-0.15, -0.1) is 0 Å². The number of benzene rings is 1. The first-order chi connectivity index (χ1) is 15.3. The Bertz CT molecular complexity index is 1190. The standard InChI is InChI=1S/C21H22ClN5O4S/c1-11-18(19-23-5-6-26(19)2)32-21(24-11)25-20(29)12-7-17(28)27(10-12)14-8-13(22)15(30-3)9-16(14)31-4/h5-6,8-9,12H,7,10H2,1-4H3,(H,24,25,29). The van der Waals surface area contributed by atoms with Crippen molar-refractivity contribution in [1.82, 2.24) is 14.5 Å². The number of nitrogens with zero attached hydrogens (tertiary/aromatic N) is 4. The Morgan fingerprint density at radius 3 is 2.69 bits per heavy atom. The number of halogens is 1. The van der Waals surface area contributed by atoms with Crippen molar-refractivity contribution in [2.45, 2.75) is 13.3 Å². The number of ether oxygens (including phenoxy) is 2. The highest BCUT2D eigenvalue weighted by Crippen LogP contribution is 2.40. The fraction of sp³-hybridized carbons (Fsp3) is 0.333. The Hall–Kier alpha value is -3.11. The third-order valence-electron chi connectivity index (χ3n) is 5.29. The zero-order chi connectivity index (χ0) is 23.0. The lowest BCUT2D eigenvalue weighted by molar-refractivity contribution is -0.122. The van der Waals surface area contributed by atoms with Crippen LogP contribution in [0.1, 0.15) is 12.1 Å². The van der Waals surface area contributed by atoms with E-state index in [2.05, 4.69) is 15.3 Å². The Kier molecular flexibility index (Phi) is 6.07. The predicted octanol–water partition coefficient (Wildman–Crippen LogP) is 3.51. The molecular weight excluding hydrogens is 454 g/mol. The molecule has 1 aromatic carbocycles. The largest absolute Gasteiger partial charge is 0.495 e. The third-order valence-corrected chi connectivity index (χ3v) is 6.66. The summed E-state index contributed by atoms with van der Waals surface area (Å²) in [6, 6.07) is 3.23. The summed E-state index contributed by atoms with van der Waals surface area (Å²) in [7, 11) is 4.90. The average molecular weight is 476 g/mol. The van der Waals surface area contributed by atoms with E-state index in [1.807, 2.05) is 24.7 Å². The lowest BCUT2D eigenvalue weighted by atomic mass is 10.1. The van der Waals surface area contributed by atoms with E-state index in [-0.39, 0.29) is 24.8 Å². The van der Waals surface area contributed by atoms with Gasteiger partial charge in [-0.3, -0.25) is 9.59 Å². The van der Waals surface area contributed by atoms with Gasteiger partial charge in [0, 0.05) is 38.5 Å². The van der Waals surface area contributed by atoms with E-state index in [1.54, 1.807) is 18.3 Å². The summed E-state index contributed by atoms with van der Waals surface area (Å²) >= 11 is 7.60. The minimum absolute atomic E-state index is 0.0786. The first-order valence-corrected chi connectivity index (χ1v) is 11.0. The van der Waals surface area contributed by atoms with Gasteiger partial charge < -0.3 is 24.3 Å². The van der Waals surface area contributed by atoms with E-state index in [1.165, 1.54) is 30.5 Å². The number of aromatic nitrogens is 3. The van der Waals surface area contributed by atoms with Crippen molar-refractivity contribution in [2.24, 2.45) is 13.0 Å². The molecule has 1 aliphatic heterocycles. The first-order valence-electron chi connectivity index (χ1n) is 9.80. The Morgan fingerprint density at radius 2 is 2.03 bits per heavy atom. The van der Waals surface area contributed by atoms with E-state index in [4.69, 9.17) is 21.1 Å². The number of methoxy groups -OCH3 is 2. The van der Waals surface area contributed by atoms with Crippen molar-refractivity contribution in [1.29, 1.82) is 0 Å². The van der Waals surface area contributed by atoms with Crippen LogP contribution < -0.4 is 19.7 Å². The molecule has 1 fully saturated rings. The normalized spacial score (nSPS) is 15.8. The highest BCUT2D eigenvalue weighted by molar-refractivity contribution is 7.19. The van der Waals surface area contributed by atoms with Crippen molar-refractivity contribution in [3.05, 3.63) is 35.2 Å². The molecule has 0 saturated carbocycles. The quantitative estimate of drug-likeness (QED) is 0.585. The van der Waals surface area contributed by atoms with Gasteiger partial charge in [0.2, 0.25) is 11.8 Å². The number of aryl methyl sites for hydroxylation is 2. The number of nitrogens with one attached hydrogen (secondary N) is 1. The Balaban J connectivity index is 1.51. The summed E-state index contributed by atoms with van der Waals surface area (Å²) < 4.78 is 12.5. The fourth-order valence-electron chi connectivity index (χ4n) is 3.62. The van der Waals surface area contributed by atoms with Crippen LogP contribution in [0.15, 0.2) is 24.5 Å². The van der Waals surface area contributed by atoms with Crippen LogP contribution in [0.25, 0.3) is 10.7 Å². The van der Waals surface area contributed by atoms with Gasteiger partial charge >= 0.3 is 0 Å². The fourth-order valence-corrected chi connectivity index (χ4v) is 4.86. The second kappa shape index (κ2) is 8.79. The minimum Gasteiger partial charge on any atom is -0.495 e. The van der Waals surface area contributed by atoms with Crippen LogP contribution in [0.5, 0.6) is 11.5 Å². The lowest BCUT2D eigenvalue weighted by Crippen LogP contribution is -2.28. The zero-order valence-corrected chi connectivity index (χ0v) is 19.6. The van der Waals surface area contributed by atoms with Crippen LogP contribution >= 0.6 is 22.9 Å². The number of thiazole rings is 1. The van der Waals surface area contributed by atoms with Gasteiger partial charge in [0.15, 0.2) is 11.0 Å². The van der Waals surface area contributed by atoms with Crippen molar-refractivity contribution in [3.63, 3.8) is 0 Å². The molecule has 1 saturated heterocycles. The van der Waals surface area contributed by atoms with Gasteiger partial charge in [-0.2, -0.15) is 0 Å². The molecule has 4 rings (SSSR count). The average Bonchev–Trinajstić information content (AvgIpc) is 3.46. The van der Waals surface area contributed by atoms with Crippen LogP contribution in [-0.2, 0) is 16.6 Å². The molecule has 0 radical (unpaired) electrons. The second-order valence-electron chi connectivity index (χ2n) is 7.35. The second-order valence-corrected chi connectivity index (χ2v) is 8.75. The molecule has 0 aliphatic carbocycles. The molecule has 1 unspecified atom stereocenters. The molecule has 1 aliphatic rings. The highest BCUT2D eigenvalue weighted by atomic mass is 35.5.